The molecule has 2 aromatic carbocycles. The lowest BCUT2D eigenvalue weighted by Crippen LogP contribution is -2.27. The zero-order valence-corrected chi connectivity index (χ0v) is 13.9. The van der Waals surface area contributed by atoms with Crippen LogP contribution in [0.1, 0.15) is 18.5 Å². The molecule has 0 radical (unpaired) electrons. The van der Waals surface area contributed by atoms with Crippen LogP contribution in [0.25, 0.3) is 0 Å². The molecule has 0 saturated carbocycles. The standard InChI is InChI=1S/C16H18FNO4S/c1-11(15-10-13(21-2)6-9-16(15)22-3)18-23(19,20)14-7-4-12(17)5-8-14/h4-11,18H,1-3H3. The highest BCUT2D eigenvalue weighted by Crippen LogP contribution is 2.30. The summed E-state index contributed by atoms with van der Waals surface area (Å²) in [7, 11) is -0.749. The number of ether oxygens (including phenoxy) is 2. The minimum Gasteiger partial charge on any atom is -0.497 e. The first-order valence-corrected chi connectivity index (χ1v) is 8.35. The predicted molar refractivity (Wildman–Crippen MR) is 84.7 cm³/mol. The number of rotatable bonds is 6. The van der Waals surface area contributed by atoms with E-state index in [9.17, 15) is 12.8 Å². The number of nitrogens with one attached hydrogen (secondary N) is 1. The van der Waals surface area contributed by atoms with Crippen LogP contribution in [0.5, 0.6) is 11.5 Å². The van der Waals surface area contributed by atoms with Crippen LogP contribution in [0.4, 0.5) is 4.39 Å². The molecule has 0 bridgehead atoms. The predicted octanol–water partition coefficient (Wildman–Crippen LogP) is 2.88. The Morgan fingerprint density at radius 1 is 1.04 bits per heavy atom. The number of methoxy groups -OCH3 is 2. The van der Waals surface area contributed by atoms with Gasteiger partial charge in [0.2, 0.25) is 10.0 Å². The minimum absolute atomic E-state index is 0.00684. The largest absolute Gasteiger partial charge is 0.497 e. The van der Waals surface area contributed by atoms with E-state index in [1.165, 1.54) is 26.4 Å². The maximum Gasteiger partial charge on any atom is 0.241 e. The summed E-state index contributed by atoms with van der Waals surface area (Å²) in [5.74, 6) is 0.639. The fourth-order valence-corrected chi connectivity index (χ4v) is 3.38. The number of hydrogen-bond acceptors (Lipinski definition) is 4. The van der Waals surface area contributed by atoms with E-state index in [0.29, 0.717) is 17.1 Å². The number of halogens is 1. The minimum atomic E-state index is -3.78. The van der Waals surface area contributed by atoms with Crippen LogP contribution in [-0.4, -0.2) is 22.6 Å². The first kappa shape index (κ1) is 17.2. The van der Waals surface area contributed by atoms with Crippen LogP contribution >= 0.6 is 0 Å². The summed E-state index contributed by atoms with van der Waals surface area (Å²) < 4.78 is 50.7. The van der Waals surface area contributed by atoms with Gasteiger partial charge in [0.05, 0.1) is 19.1 Å². The van der Waals surface area contributed by atoms with Crippen molar-refractivity contribution in [3.8, 4) is 11.5 Å². The molecule has 1 N–H and O–H groups in total. The number of sulfonamides is 1. The highest BCUT2D eigenvalue weighted by molar-refractivity contribution is 7.89. The van der Waals surface area contributed by atoms with E-state index in [1.54, 1.807) is 25.1 Å². The van der Waals surface area contributed by atoms with Gasteiger partial charge >= 0.3 is 0 Å². The fraction of sp³-hybridized carbons (Fsp3) is 0.250. The lowest BCUT2D eigenvalue weighted by molar-refractivity contribution is 0.395. The van der Waals surface area contributed by atoms with Gasteiger partial charge in [-0.25, -0.2) is 17.5 Å². The summed E-state index contributed by atoms with van der Waals surface area (Å²) in [6.45, 7) is 1.69. The average molecular weight is 339 g/mol. The first-order valence-electron chi connectivity index (χ1n) is 6.87. The average Bonchev–Trinajstić information content (AvgIpc) is 2.54. The highest BCUT2D eigenvalue weighted by Gasteiger charge is 2.21. The van der Waals surface area contributed by atoms with Gasteiger partial charge in [-0.15, -0.1) is 0 Å². The third kappa shape index (κ3) is 4.00. The molecule has 0 saturated heterocycles. The second-order valence-electron chi connectivity index (χ2n) is 4.90. The van der Waals surface area contributed by atoms with Crippen molar-refractivity contribution in [2.24, 2.45) is 0 Å². The van der Waals surface area contributed by atoms with Crippen molar-refractivity contribution in [3.63, 3.8) is 0 Å². The molecule has 1 atom stereocenters. The molecule has 7 heteroatoms. The summed E-state index contributed by atoms with van der Waals surface area (Å²) in [6, 6.07) is 9.21. The topological polar surface area (TPSA) is 64.6 Å². The zero-order chi connectivity index (χ0) is 17.0. The first-order chi connectivity index (χ1) is 10.9. The molecule has 1 unspecified atom stereocenters. The maximum atomic E-state index is 12.9. The van der Waals surface area contributed by atoms with Crippen molar-refractivity contribution in [2.75, 3.05) is 14.2 Å². The highest BCUT2D eigenvalue weighted by atomic mass is 32.2. The summed E-state index contributed by atoms with van der Waals surface area (Å²) >= 11 is 0. The SMILES string of the molecule is COc1ccc(OC)c(C(C)NS(=O)(=O)c2ccc(F)cc2)c1. The van der Waals surface area contributed by atoms with Crippen LogP contribution in [0.15, 0.2) is 47.4 Å². The van der Waals surface area contributed by atoms with E-state index in [0.717, 1.165) is 12.1 Å². The van der Waals surface area contributed by atoms with E-state index in [2.05, 4.69) is 4.72 Å². The molecule has 0 heterocycles. The summed E-state index contributed by atoms with van der Waals surface area (Å²) in [5, 5.41) is 0. The van der Waals surface area contributed by atoms with Gasteiger partial charge in [0.1, 0.15) is 17.3 Å². The number of hydrogen-bond donors (Lipinski definition) is 1. The smallest absolute Gasteiger partial charge is 0.241 e. The lowest BCUT2D eigenvalue weighted by Gasteiger charge is -2.18. The molecule has 0 spiro atoms. The summed E-state index contributed by atoms with van der Waals surface area (Å²) in [4.78, 5) is -0.00684. The van der Waals surface area contributed by atoms with Crippen LogP contribution in [0.3, 0.4) is 0 Å². The van der Waals surface area contributed by atoms with Crippen LogP contribution < -0.4 is 14.2 Å². The van der Waals surface area contributed by atoms with Crippen molar-refractivity contribution in [1.29, 1.82) is 0 Å². The second kappa shape index (κ2) is 6.97. The van der Waals surface area contributed by atoms with Gasteiger partial charge in [-0.2, -0.15) is 0 Å². The monoisotopic (exact) mass is 339 g/mol. The quantitative estimate of drug-likeness (QED) is 0.879. The molecule has 2 aromatic rings. The molecule has 0 amide bonds. The molecule has 0 aliphatic carbocycles. The van der Waals surface area contributed by atoms with E-state index in [4.69, 9.17) is 9.47 Å². The molecule has 0 aromatic heterocycles. The fourth-order valence-electron chi connectivity index (χ4n) is 2.16. The molecular formula is C16H18FNO4S. The Bertz CT molecular complexity index is 775. The molecule has 0 aliphatic rings. The molecule has 0 aliphatic heterocycles. The van der Waals surface area contributed by atoms with Crippen molar-refractivity contribution < 1.29 is 22.3 Å². The third-order valence-corrected chi connectivity index (χ3v) is 4.92. The van der Waals surface area contributed by atoms with Gasteiger partial charge in [0.25, 0.3) is 0 Å². The summed E-state index contributed by atoms with van der Waals surface area (Å²) in [5.41, 5.74) is 0.637. The van der Waals surface area contributed by atoms with Gasteiger partial charge in [0, 0.05) is 11.6 Å². The Morgan fingerprint density at radius 3 is 2.26 bits per heavy atom. The van der Waals surface area contributed by atoms with Gasteiger partial charge < -0.3 is 9.47 Å². The van der Waals surface area contributed by atoms with Crippen molar-refractivity contribution in [3.05, 3.63) is 53.8 Å². The van der Waals surface area contributed by atoms with Crippen LogP contribution in [-0.2, 0) is 10.0 Å². The lowest BCUT2D eigenvalue weighted by atomic mass is 10.1. The molecule has 0 fully saturated rings. The Hall–Kier alpha value is -2.12. The van der Waals surface area contributed by atoms with Gasteiger partial charge in [0.15, 0.2) is 0 Å². The van der Waals surface area contributed by atoms with Gasteiger partial charge in [-0.3, -0.25) is 0 Å². The molecule has 2 rings (SSSR count). The van der Waals surface area contributed by atoms with Crippen molar-refractivity contribution in [2.45, 2.75) is 17.9 Å². The van der Waals surface area contributed by atoms with E-state index in [1.807, 2.05) is 0 Å². The molecular weight excluding hydrogens is 321 g/mol. The molecule has 124 valence electrons. The third-order valence-electron chi connectivity index (χ3n) is 3.36. The van der Waals surface area contributed by atoms with E-state index in [-0.39, 0.29) is 4.90 Å². The Kier molecular flexibility index (Phi) is 5.23. The summed E-state index contributed by atoms with van der Waals surface area (Å²) in [6.07, 6.45) is 0. The van der Waals surface area contributed by atoms with Crippen LogP contribution in [0, 0.1) is 5.82 Å². The molecule has 5 nitrogen and oxygen atoms in total. The van der Waals surface area contributed by atoms with E-state index >= 15 is 0 Å². The number of benzene rings is 2. The molecule has 23 heavy (non-hydrogen) atoms. The second-order valence-corrected chi connectivity index (χ2v) is 6.62. The Labute approximate surface area is 135 Å². The van der Waals surface area contributed by atoms with Crippen molar-refractivity contribution in [1.82, 2.24) is 4.72 Å². The zero-order valence-electron chi connectivity index (χ0n) is 13.0. The Morgan fingerprint density at radius 2 is 1.70 bits per heavy atom. The van der Waals surface area contributed by atoms with Crippen LogP contribution in [0.2, 0.25) is 0 Å². The normalized spacial score (nSPS) is 12.7. The van der Waals surface area contributed by atoms with Crippen molar-refractivity contribution >= 4 is 10.0 Å². The van der Waals surface area contributed by atoms with Gasteiger partial charge in [-0.05, 0) is 49.4 Å². The maximum absolute atomic E-state index is 12.9. The van der Waals surface area contributed by atoms with E-state index < -0.39 is 21.9 Å². The Balaban J connectivity index is 2.30. The van der Waals surface area contributed by atoms with Gasteiger partial charge in [-0.1, -0.05) is 0 Å².